The van der Waals surface area contributed by atoms with Crippen molar-refractivity contribution >= 4 is 11.3 Å². The number of hydrogen-bond acceptors (Lipinski definition) is 3. The van der Waals surface area contributed by atoms with Crippen molar-refractivity contribution in [2.75, 3.05) is 13.1 Å². The minimum atomic E-state index is -0.148. The molecule has 0 amide bonds. The number of aliphatic hydroxyl groups excluding tert-OH is 1. The Labute approximate surface area is 102 Å². The van der Waals surface area contributed by atoms with Crippen molar-refractivity contribution in [3.05, 3.63) is 21.9 Å². The summed E-state index contributed by atoms with van der Waals surface area (Å²) in [6.45, 7) is 4.30. The lowest BCUT2D eigenvalue weighted by molar-refractivity contribution is 0.0897. The number of thiophene rings is 1. The second kappa shape index (κ2) is 5.80. The van der Waals surface area contributed by atoms with Crippen molar-refractivity contribution in [1.82, 2.24) is 5.32 Å². The Morgan fingerprint density at radius 1 is 1.38 bits per heavy atom. The third-order valence-corrected chi connectivity index (χ3v) is 4.66. The smallest absolute Gasteiger partial charge is 0.0617 e. The molecule has 1 aromatic rings. The molecular weight excluding hydrogens is 218 g/mol. The highest BCUT2D eigenvalue weighted by molar-refractivity contribution is 7.11. The fourth-order valence-corrected chi connectivity index (χ4v) is 3.33. The maximum atomic E-state index is 10.2. The molecule has 1 aliphatic heterocycles. The van der Waals surface area contributed by atoms with Crippen LogP contribution in [0.4, 0.5) is 0 Å². The zero-order chi connectivity index (χ0) is 11.4. The van der Waals surface area contributed by atoms with Crippen molar-refractivity contribution in [3.63, 3.8) is 0 Å². The van der Waals surface area contributed by atoms with Gasteiger partial charge >= 0.3 is 0 Å². The van der Waals surface area contributed by atoms with Crippen LogP contribution in [0.3, 0.4) is 0 Å². The zero-order valence-corrected chi connectivity index (χ0v) is 10.7. The summed E-state index contributed by atoms with van der Waals surface area (Å²) in [4.78, 5) is 2.76. The molecule has 1 aromatic heterocycles. The van der Waals surface area contributed by atoms with Crippen molar-refractivity contribution in [2.24, 2.45) is 5.92 Å². The fourth-order valence-electron chi connectivity index (χ4n) is 2.32. The molecule has 1 atom stereocenters. The summed E-state index contributed by atoms with van der Waals surface area (Å²) in [5.74, 6) is 0.494. The van der Waals surface area contributed by atoms with Crippen LogP contribution < -0.4 is 5.32 Å². The molecule has 1 saturated heterocycles. The molecule has 0 saturated carbocycles. The van der Waals surface area contributed by atoms with Crippen LogP contribution in [-0.4, -0.2) is 24.3 Å². The van der Waals surface area contributed by atoms with Crippen molar-refractivity contribution in [1.29, 1.82) is 0 Å². The van der Waals surface area contributed by atoms with E-state index in [1.165, 1.54) is 9.75 Å². The highest BCUT2D eigenvalue weighted by Crippen LogP contribution is 2.23. The number of aryl methyl sites for hydroxylation is 1. The normalized spacial score (nSPS) is 19.9. The Bertz CT molecular complexity index is 317. The van der Waals surface area contributed by atoms with E-state index in [9.17, 15) is 5.11 Å². The molecule has 1 aliphatic rings. The van der Waals surface area contributed by atoms with Crippen LogP contribution in [0, 0.1) is 5.92 Å². The lowest BCUT2D eigenvalue weighted by Crippen LogP contribution is -2.34. The first kappa shape index (κ1) is 12.1. The highest BCUT2D eigenvalue weighted by Gasteiger charge is 2.21. The van der Waals surface area contributed by atoms with Crippen LogP contribution in [0.2, 0.25) is 0 Å². The summed E-state index contributed by atoms with van der Waals surface area (Å²) in [6.07, 6.45) is 4.04. The number of hydrogen-bond donors (Lipinski definition) is 2. The zero-order valence-electron chi connectivity index (χ0n) is 9.91. The number of piperidine rings is 1. The first-order valence-corrected chi connectivity index (χ1v) is 7.07. The molecule has 0 spiro atoms. The molecule has 1 unspecified atom stereocenters. The largest absolute Gasteiger partial charge is 0.392 e. The van der Waals surface area contributed by atoms with Gasteiger partial charge in [0.15, 0.2) is 0 Å². The van der Waals surface area contributed by atoms with E-state index < -0.39 is 0 Å². The van der Waals surface area contributed by atoms with E-state index in [2.05, 4.69) is 24.4 Å². The average Bonchev–Trinajstić information content (AvgIpc) is 2.78. The van der Waals surface area contributed by atoms with Gasteiger partial charge in [0.1, 0.15) is 0 Å². The van der Waals surface area contributed by atoms with E-state index in [1.54, 1.807) is 0 Å². The molecule has 0 aromatic carbocycles. The van der Waals surface area contributed by atoms with E-state index in [1.807, 2.05) is 11.3 Å². The molecule has 2 N–H and O–H groups in total. The Kier molecular flexibility index (Phi) is 4.38. The maximum absolute atomic E-state index is 10.2. The van der Waals surface area contributed by atoms with Gasteiger partial charge in [0.05, 0.1) is 6.10 Å². The molecule has 2 heterocycles. The quantitative estimate of drug-likeness (QED) is 0.844. The second-order valence-electron chi connectivity index (χ2n) is 4.58. The number of rotatable bonds is 4. The molecule has 16 heavy (non-hydrogen) atoms. The van der Waals surface area contributed by atoms with E-state index in [0.29, 0.717) is 5.92 Å². The molecular formula is C13H21NOS. The van der Waals surface area contributed by atoms with Gasteiger partial charge in [0, 0.05) is 16.2 Å². The Balaban J connectivity index is 1.87. The topological polar surface area (TPSA) is 32.3 Å². The third-order valence-electron chi connectivity index (χ3n) is 3.40. The van der Waals surface area contributed by atoms with Crippen molar-refractivity contribution in [2.45, 2.75) is 38.7 Å². The minimum absolute atomic E-state index is 0.148. The minimum Gasteiger partial charge on any atom is -0.392 e. The van der Waals surface area contributed by atoms with E-state index in [0.717, 1.165) is 38.8 Å². The van der Waals surface area contributed by atoms with Crippen LogP contribution in [0.25, 0.3) is 0 Å². The summed E-state index contributed by atoms with van der Waals surface area (Å²) < 4.78 is 0. The van der Waals surface area contributed by atoms with Gasteiger partial charge in [-0.15, -0.1) is 11.3 Å². The van der Waals surface area contributed by atoms with E-state index in [-0.39, 0.29) is 6.10 Å². The maximum Gasteiger partial charge on any atom is 0.0617 e. The monoisotopic (exact) mass is 239 g/mol. The van der Waals surface area contributed by atoms with Gasteiger partial charge in [-0.1, -0.05) is 6.92 Å². The van der Waals surface area contributed by atoms with Crippen LogP contribution in [0.1, 0.15) is 29.5 Å². The molecule has 0 bridgehead atoms. The molecule has 2 rings (SSSR count). The fraction of sp³-hybridized carbons (Fsp3) is 0.692. The Morgan fingerprint density at radius 3 is 2.69 bits per heavy atom. The van der Waals surface area contributed by atoms with E-state index >= 15 is 0 Å². The first-order valence-electron chi connectivity index (χ1n) is 6.26. The van der Waals surface area contributed by atoms with Gasteiger partial charge in [-0.3, -0.25) is 0 Å². The van der Waals surface area contributed by atoms with Gasteiger partial charge < -0.3 is 10.4 Å². The lowest BCUT2D eigenvalue weighted by atomic mass is 9.90. The standard InChI is InChI=1S/C13H21NOS/c1-2-11-3-4-12(16-11)9-13(15)10-5-7-14-8-6-10/h3-4,10,13-15H,2,5-9H2,1H3. The third kappa shape index (κ3) is 3.06. The highest BCUT2D eigenvalue weighted by atomic mass is 32.1. The van der Waals surface area contributed by atoms with Crippen LogP contribution >= 0.6 is 11.3 Å². The summed E-state index contributed by atoms with van der Waals surface area (Å²) in [6, 6.07) is 4.36. The van der Waals surface area contributed by atoms with Gasteiger partial charge in [-0.25, -0.2) is 0 Å². The first-order chi connectivity index (χ1) is 7.79. The van der Waals surface area contributed by atoms with Gasteiger partial charge in [0.25, 0.3) is 0 Å². The molecule has 1 fully saturated rings. The Hall–Kier alpha value is -0.380. The second-order valence-corrected chi connectivity index (χ2v) is 5.83. The number of aliphatic hydroxyl groups is 1. The molecule has 0 aliphatic carbocycles. The predicted molar refractivity (Wildman–Crippen MR) is 69.0 cm³/mol. The van der Waals surface area contributed by atoms with Crippen LogP contribution in [0.15, 0.2) is 12.1 Å². The predicted octanol–water partition coefficient (Wildman–Crippen LogP) is 2.21. The lowest BCUT2D eigenvalue weighted by Gasteiger charge is -2.26. The summed E-state index contributed by atoms with van der Waals surface area (Å²) >= 11 is 1.85. The van der Waals surface area contributed by atoms with Gasteiger partial charge in [0.2, 0.25) is 0 Å². The van der Waals surface area contributed by atoms with Crippen molar-refractivity contribution < 1.29 is 5.11 Å². The van der Waals surface area contributed by atoms with Crippen LogP contribution in [0.5, 0.6) is 0 Å². The summed E-state index contributed by atoms with van der Waals surface area (Å²) in [7, 11) is 0. The molecule has 3 heteroatoms. The number of nitrogens with one attached hydrogen (secondary N) is 1. The van der Waals surface area contributed by atoms with E-state index in [4.69, 9.17) is 0 Å². The van der Waals surface area contributed by atoms with Crippen molar-refractivity contribution in [3.8, 4) is 0 Å². The molecule has 2 nitrogen and oxygen atoms in total. The van der Waals surface area contributed by atoms with Gasteiger partial charge in [-0.2, -0.15) is 0 Å². The molecule has 90 valence electrons. The van der Waals surface area contributed by atoms with Crippen LogP contribution in [-0.2, 0) is 12.8 Å². The summed E-state index contributed by atoms with van der Waals surface area (Å²) in [5.41, 5.74) is 0. The summed E-state index contributed by atoms with van der Waals surface area (Å²) in [5, 5.41) is 13.5. The average molecular weight is 239 g/mol. The SMILES string of the molecule is CCc1ccc(CC(O)C2CCNCC2)s1. The molecule has 0 radical (unpaired) electrons. The van der Waals surface area contributed by atoms with Gasteiger partial charge in [-0.05, 0) is 50.4 Å². The Morgan fingerprint density at radius 2 is 2.06 bits per heavy atom.